The molecule has 0 fully saturated rings. The molecule has 0 spiro atoms. The number of rotatable bonds is 8. The van der Waals surface area contributed by atoms with Crippen molar-refractivity contribution >= 4 is 35.1 Å². The van der Waals surface area contributed by atoms with Crippen LogP contribution in [0.1, 0.15) is 28.1 Å². The smallest absolute Gasteiger partial charge is 0.234 e. The number of anilines is 1. The van der Waals surface area contributed by atoms with Gasteiger partial charge in [-0.15, -0.1) is 22.0 Å². The van der Waals surface area contributed by atoms with Gasteiger partial charge < -0.3 is 9.88 Å². The molecule has 0 radical (unpaired) electrons. The molecule has 1 heterocycles. The summed E-state index contributed by atoms with van der Waals surface area (Å²) in [6.45, 7) is 6.13. The highest BCUT2D eigenvalue weighted by atomic mass is 32.2. The van der Waals surface area contributed by atoms with Gasteiger partial charge in [0.15, 0.2) is 5.16 Å². The van der Waals surface area contributed by atoms with Crippen molar-refractivity contribution in [1.82, 2.24) is 14.8 Å². The summed E-state index contributed by atoms with van der Waals surface area (Å²) in [5, 5.41) is 12.3. The third-order valence-corrected chi connectivity index (χ3v) is 6.55. The van der Waals surface area contributed by atoms with Crippen molar-refractivity contribution in [2.45, 2.75) is 37.4 Å². The number of hydrogen-bond donors (Lipinski definition) is 1. The zero-order valence-electron chi connectivity index (χ0n) is 17.2. The molecule has 3 rings (SSSR count). The van der Waals surface area contributed by atoms with Crippen molar-refractivity contribution < 1.29 is 4.79 Å². The molecule has 1 N–H and O–H groups in total. The third kappa shape index (κ3) is 6.11. The molecule has 0 aliphatic carbocycles. The second-order valence-corrected chi connectivity index (χ2v) is 9.02. The Kier molecular flexibility index (Phi) is 7.39. The summed E-state index contributed by atoms with van der Waals surface area (Å²) in [4.78, 5) is 12.3. The maximum atomic E-state index is 12.3. The molecule has 0 aliphatic heterocycles. The lowest BCUT2D eigenvalue weighted by Crippen LogP contribution is -2.15. The van der Waals surface area contributed by atoms with Crippen LogP contribution in [0.2, 0.25) is 0 Å². The average molecular weight is 427 g/mol. The minimum atomic E-state index is -0.0414. The summed E-state index contributed by atoms with van der Waals surface area (Å²) < 4.78 is 1.97. The first-order valence-electron chi connectivity index (χ1n) is 9.44. The molecular weight excluding hydrogens is 400 g/mol. The lowest BCUT2D eigenvalue weighted by Gasteiger charge is -2.09. The first kappa shape index (κ1) is 21.5. The predicted molar refractivity (Wildman–Crippen MR) is 122 cm³/mol. The van der Waals surface area contributed by atoms with Crippen LogP contribution in [0.15, 0.2) is 47.6 Å². The Morgan fingerprint density at radius 2 is 1.72 bits per heavy atom. The SMILES string of the molecule is Cc1ccc(CSCc2nnc(SCC(=O)Nc3ccc(C)cc3C)n2C)cc1. The minimum absolute atomic E-state index is 0.0414. The van der Waals surface area contributed by atoms with E-state index >= 15 is 0 Å². The van der Waals surface area contributed by atoms with Gasteiger partial charge in [0.1, 0.15) is 5.82 Å². The Morgan fingerprint density at radius 3 is 2.45 bits per heavy atom. The molecule has 0 atom stereocenters. The molecule has 0 saturated heterocycles. The number of benzene rings is 2. The Bertz CT molecular complexity index is 983. The second-order valence-electron chi connectivity index (χ2n) is 7.09. The standard InChI is InChI=1S/C22H26N4OS2/c1-15-5-8-18(9-6-15)12-28-13-20-24-25-22(26(20)4)29-14-21(27)23-19-10-7-16(2)11-17(19)3/h5-11H,12-14H2,1-4H3,(H,23,27). The van der Waals surface area contributed by atoms with Gasteiger partial charge in [-0.2, -0.15) is 0 Å². The summed E-state index contributed by atoms with van der Waals surface area (Å²) in [6.07, 6.45) is 0. The molecule has 0 bridgehead atoms. The van der Waals surface area contributed by atoms with E-state index in [-0.39, 0.29) is 5.91 Å². The fourth-order valence-corrected chi connectivity index (χ4v) is 4.51. The highest BCUT2D eigenvalue weighted by Crippen LogP contribution is 2.22. The quantitative estimate of drug-likeness (QED) is 0.519. The maximum absolute atomic E-state index is 12.3. The van der Waals surface area contributed by atoms with Crippen molar-refractivity contribution in [3.8, 4) is 0 Å². The van der Waals surface area contributed by atoms with Crippen molar-refractivity contribution in [2.75, 3.05) is 11.1 Å². The number of nitrogens with zero attached hydrogens (tertiary/aromatic N) is 3. The number of carbonyl (C=O) groups is 1. The van der Waals surface area contributed by atoms with Crippen LogP contribution in [0, 0.1) is 20.8 Å². The number of hydrogen-bond acceptors (Lipinski definition) is 5. The zero-order valence-corrected chi connectivity index (χ0v) is 18.9. The molecule has 152 valence electrons. The van der Waals surface area contributed by atoms with Gasteiger partial charge in [0.25, 0.3) is 0 Å². The van der Waals surface area contributed by atoms with Gasteiger partial charge in [-0.3, -0.25) is 4.79 Å². The van der Waals surface area contributed by atoms with Gasteiger partial charge in [-0.25, -0.2) is 0 Å². The maximum Gasteiger partial charge on any atom is 0.234 e. The zero-order chi connectivity index (χ0) is 20.8. The van der Waals surface area contributed by atoms with Crippen molar-refractivity contribution in [3.63, 3.8) is 0 Å². The topological polar surface area (TPSA) is 59.8 Å². The van der Waals surface area contributed by atoms with E-state index in [4.69, 9.17) is 0 Å². The molecule has 0 aliphatic rings. The summed E-state index contributed by atoms with van der Waals surface area (Å²) in [7, 11) is 1.95. The van der Waals surface area contributed by atoms with Gasteiger partial charge in [0.05, 0.1) is 11.5 Å². The van der Waals surface area contributed by atoms with E-state index in [0.29, 0.717) is 5.75 Å². The molecule has 3 aromatic rings. The van der Waals surface area contributed by atoms with E-state index in [1.54, 1.807) is 0 Å². The van der Waals surface area contributed by atoms with Crippen LogP contribution < -0.4 is 5.32 Å². The number of thioether (sulfide) groups is 2. The largest absolute Gasteiger partial charge is 0.325 e. The van der Waals surface area contributed by atoms with E-state index in [1.165, 1.54) is 28.5 Å². The van der Waals surface area contributed by atoms with Crippen LogP contribution in [0.25, 0.3) is 0 Å². The van der Waals surface area contributed by atoms with Crippen molar-refractivity contribution in [2.24, 2.45) is 7.05 Å². The van der Waals surface area contributed by atoms with E-state index in [2.05, 4.69) is 52.8 Å². The molecule has 5 nitrogen and oxygen atoms in total. The highest BCUT2D eigenvalue weighted by molar-refractivity contribution is 7.99. The van der Waals surface area contributed by atoms with Crippen LogP contribution in [-0.4, -0.2) is 26.4 Å². The lowest BCUT2D eigenvalue weighted by molar-refractivity contribution is -0.113. The summed E-state index contributed by atoms with van der Waals surface area (Å²) in [5.74, 6) is 2.90. The normalized spacial score (nSPS) is 10.9. The first-order valence-corrected chi connectivity index (χ1v) is 11.6. The van der Waals surface area contributed by atoms with Crippen LogP contribution >= 0.6 is 23.5 Å². The first-order chi connectivity index (χ1) is 13.9. The number of amides is 1. The van der Waals surface area contributed by atoms with E-state index in [1.807, 2.05) is 49.4 Å². The summed E-state index contributed by atoms with van der Waals surface area (Å²) in [6, 6.07) is 14.6. The second kappa shape index (κ2) is 9.98. The summed E-state index contributed by atoms with van der Waals surface area (Å²) >= 11 is 3.21. The van der Waals surface area contributed by atoms with Gasteiger partial charge in [0.2, 0.25) is 5.91 Å². The molecule has 7 heteroatoms. The third-order valence-electron chi connectivity index (χ3n) is 4.53. The number of carbonyl (C=O) groups excluding carboxylic acids is 1. The molecular formula is C22H26N4OS2. The minimum Gasteiger partial charge on any atom is -0.325 e. The monoisotopic (exact) mass is 426 g/mol. The summed E-state index contributed by atoms with van der Waals surface area (Å²) in [5.41, 5.74) is 5.68. The van der Waals surface area contributed by atoms with Gasteiger partial charge >= 0.3 is 0 Å². The van der Waals surface area contributed by atoms with Crippen LogP contribution in [0.3, 0.4) is 0 Å². The lowest BCUT2D eigenvalue weighted by atomic mass is 10.1. The molecule has 2 aromatic carbocycles. The molecule has 1 aromatic heterocycles. The number of aryl methyl sites for hydroxylation is 3. The molecule has 0 unspecified atom stereocenters. The van der Waals surface area contributed by atoms with Crippen molar-refractivity contribution in [1.29, 1.82) is 0 Å². The van der Waals surface area contributed by atoms with Crippen LogP contribution in [0.5, 0.6) is 0 Å². The Morgan fingerprint density at radius 1 is 1.00 bits per heavy atom. The number of aromatic nitrogens is 3. The van der Waals surface area contributed by atoms with Crippen LogP contribution in [0.4, 0.5) is 5.69 Å². The fraction of sp³-hybridized carbons (Fsp3) is 0.318. The molecule has 29 heavy (non-hydrogen) atoms. The Balaban J connectivity index is 1.48. The van der Waals surface area contributed by atoms with E-state index in [9.17, 15) is 4.79 Å². The Labute approximate surface area is 180 Å². The van der Waals surface area contributed by atoms with Gasteiger partial charge in [0, 0.05) is 18.5 Å². The fourth-order valence-electron chi connectivity index (χ4n) is 2.81. The van der Waals surface area contributed by atoms with Crippen molar-refractivity contribution in [3.05, 3.63) is 70.5 Å². The molecule has 0 saturated carbocycles. The van der Waals surface area contributed by atoms with Gasteiger partial charge in [-0.05, 0) is 38.0 Å². The Hall–Kier alpha value is -2.25. The van der Waals surface area contributed by atoms with E-state index in [0.717, 1.165) is 33.7 Å². The highest BCUT2D eigenvalue weighted by Gasteiger charge is 2.12. The van der Waals surface area contributed by atoms with E-state index < -0.39 is 0 Å². The van der Waals surface area contributed by atoms with Crippen LogP contribution in [-0.2, 0) is 23.3 Å². The molecule has 1 amide bonds. The number of nitrogens with one attached hydrogen (secondary N) is 1. The van der Waals surface area contributed by atoms with Gasteiger partial charge in [-0.1, -0.05) is 59.3 Å². The predicted octanol–water partition coefficient (Wildman–Crippen LogP) is 4.90. The average Bonchev–Trinajstić information content (AvgIpc) is 3.04.